The standard InChI is InChI=1S/C29H33ClN2O2S/c1-21(2)31-29(34)27(17-23-11-5-4-6-12-23)32(18-24-13-9-10-22(3)16-24)28(33)20-35-19-25-14-7-8-15-26(25)30/h4-16,21,27H,17-20H2,1-3H3,(H,31,34). The largest absolute Gasteiger partial charge is 0.352 e. The molecule has 35 heavy (non-hydrogen) atoms. The summed E-state index contributed by atoms with van der Waals surface area (Å²) in [5.74, 6) is 0.687. The average Bonchev–Trinajstić information content (AvgIpc) is 2.82. The first-order valence-corrected chi connectivity index (χ1v) is 13.4. The van der Waals surface area contributed by atoms with Gasteiger partial charge in [0.1, 0.15) is 6.04 Å². The number of aryl methyl sites for hydroxylation is 1. The van der Waals surface area contributed by atoms with Crippen LogP contribution in [0.3, 0.4) is 0 Å². The summed E-state index contributed by atoms with van der Waals surface area (Å²) in [5, 5.41) is 3.72. The summed E-state index contributed by atoms with van der Waals surface area (Å²) >= 11 is 7.81. The van der Waals surface area contributed by atoms with Crippen LogP contribution in [0.15, 0.2) is 78.9 Å². The van der Waals surface area contributed by atoms with E-state index in [1.165, 1.54) is 11.8 Å². The van der Waals surface area contributed by atoms with Crippen molar-refractivity contribution in [2.45, 2.75) is 51.6 Å². The topological polar surface area (TPSA) is 49.4 Å². The third-order valence-electron chi connectivity index (χ3n) is 5.58. The molecule has 0 aromatic heterocycles. The first-order valence-electron chi connectivity index (χ1n) is 11.8. The van der Waals surface area contributed by atoms with E-state index in [1.54, 1.807) is 4.90 Å². The SMILES string of the molecule is Cc1cccc(CN(C(=O)CSCc2ccccc2Cl)C(Cc2ccccc2)C(=O)NC(C)C)c1. The molecule has 0 saturated carbocycles. The lowest BCUT2D eigenvalue weighted by molar-refractivity contribution is -0.139. The number of hydrogen-bond acceptors (Lipinski definition) is 3. The van der Waals surface area contributed by atoms with E-state index in [9.17, 15) is 9.59 Å². The van der Waals surface area contributed by atoms with Crippen LogP contribution in [0.4, 0.5) is 0 Å². The molecule has 3 aromatic rings. The molecule has 0 aliphatic rings. The minimum Gasteiger partial charge on any atom is -0.352 e. The van der Waals surface area contributed by atoms with Gasteiger partial charge in [0, 0.05) is 29.8 Å². The van der Waals surface area contributed by atoms with Crippen LogP contribution in [0.5, 0.6) is 0 Å². The maximum Gasteiger partial charge on any atom is 0.243 e. The fourth-order valence-corrected chi connectivity index (χ4v) is 5.08. The molecular formula is C29H33ClN2O2S. The van der Waals surface area contributed by atoms with Gasteiger partial charge in [-0.15, -0.1) is 11.8 Å². The van der Waals surface area contributed by atoms with Crippen LogP contribution in [0.1, 0.15) is 36.1 Å². The molecule has 0 fully saturated rings. The molecule has 2 amide bonds. The Kier molecular flexibility index (Phi) is 10.2. The predicted octanol–water partition coefficient (Wildman–Crippen LogP) is 6.05. The lowest BCUT2D eigenvalue weighted by atomic mass is 10.0. The second-order valence-electron chi connectivity index (χ2n) is 8.96. The van der Waals surface area contributed by atoms with Gasteiger partial charge in [-0.2, -0.15) is 0 Å². The molecule has 0 spiro atoms. The minimum atomic E-state index is -0.617. The van der Waals surface area contributed by atoms with E-state index in [-0.39, 0.29) is 23.6 Å². The van der Waals surface area contributed by atoms with E-state index >= 15 is 0 Å². The van der Waals surface area contributed by atoms with Crippen LogP contribution < -0.4 is 5.32 Å². The molecule has 0 radical (unpaired) electrons. The maximum atomic E-state index is 13.6. The van der Waals surface area contributed by atoms with Crippen molar-refractivity contribution in [3.05, 3.63) is 106 Å². The Morgan fingerprint density at radius 1 is 0.943 bits per heavy atom. The van der Waals surface area contributed by atoms with Crippen LogP contribution in [0.25, 0.3) is 0 Å². The lowest BCUT2D eigenvalue weighted by Crippen LogP contribution is -2.52. The Labute approximate surface area is 218 Å². The number of thioether (sulfide) groups is 1. The Balaban J connectivity index is 1.85. The Morgan fingerprint density at radius 3 is 2.31 bits per heavy atom. The van der Waals surface area contributed by atoms with E-state index in [2.05, 4.69) is 11.4 Å². The maximum absolute atomic E-state index is 13.6. The highest BCUT2D eigenvalue weighted by Crippen LogP contribution is 2.22. The van der Waals surface area contributed by atoms with E-state index in [1.807, 2.05) is 93.6 Å². The molecule has 0 heterocycles. The molecule has 1 atom stereocenters. The molecule has 0 saturated heterocycles. The van der Waals surface area contributed by atoms with Gasteiger partial charge in [0.15, 0.2) is 0 Å². The van der Waals surface area contributed by atoms with Crippen molar-refractivity contribution < 1.29 is 9.59 Å². The summed E-state index contributed by atoms with van der Waals surface area (Å²) in [6.45, 7) is 6.27. The van der Waals surface area contributed by atoms with E-state index in [0.29, 0.717) is 23.7 Å². The predicted molar refractivity (Wildman–Crippen MR) is 147 cm³/mol. The lowest BCUT2D eigenvalue weighted by Gasteiger charge is -2.32. The van der Waals surface area contributed by atoms with Gasteiger partial charge in [0.05, 0.1) is 5.75 Å². The van der Waals surface area contributed by atoms with Crippen LogP contribution >= 0.6 is 23.4 Å². The summed E-state index contributed by atoms with van der Waals surface area (Å²) in [7, 11) is 0. The zero-order chi connectivity index (χ0) is 25.2. The van der Waals surface area contributed by atoms with Crippen molar-refractivity contribution >= 4 is 35.2 Å². The van der Waals surface area contributed by atoms with Gasteiger partial charge in [0.25, 0.3) is 0 Å². The third kappa shape index (κ3) is 8.44. The zero-order valence-electron chi connectivity index (χ0n) is 20.5. The molecule has 4 nitrogen and oxygen atoms in total. The average molecular weight is 509 g/mol. The van der Waals surface area contributed by atoms with Crippen molar-refractivity contribution in [1.82, 2.24) is 10.2 Å². The van der Waals surface area contributed by atoms with Gasteiger partial charge in [-0.25, -0.2) is 0 Å². The quantitative estimate of drug-likeness (QED) is 0.343. The highest BCUT2D eigenvalue weighted by molar-refractivity contribution is 7.99. The monoisotopic (exact) mass is 508 g/mol. The van der Waals surface area contributed by atoms with E-state index < -0.39 is 6.04 Å². The van der Waals surface area contributed by atoms with E-state index in [0.717, 1.165) is 22.3 Å². The number of carbonyl (C=O) groups excluding carboxylic acids is 2. The number of nitrogens with one attached hydrogen (secondary N) is 1. The van der Waals surface area contributed by atoms with Crippen LogP contribution in [-0.4, -0.2) is 34.6 Å². The summed E-state index contributed by atoms with van der Waals surface area (Å²) in [6, 6.07) is 25.0. The van der Waals surface area contributed by atoms with Crippen LogP contribution in [0.2, 0.25) is 5.02 Å². The number of hydrogen-bond donors (Lipinski definition) is 1. The first kappa shape index (κ1) is 26.8. The van der Waals surface area contributed by atoms with Crippen molar-refractivity contribution in [3.63, 3.8) is 0 Å². The molecule has 0 aliphatic carbocycles. The number of amides is 2. The molecule has 3 rings (SSSR count). The minimum absolute atomic E-state index is 0.0220. The summed E-state index contributed by atoms with van der Waals surface area (Å²) in [6.07, 6.45) is 0.451. The van der Waals surface area contributed by atoms with Crippen molar-refractivity contribution in [3.8, 4) is 0 Å². The molecule has 1 unspecified atom stereocenters. The Morgan fingerprint density at radius 2 is 1.63 bits per heavy atom. The van der Waals surface area contributed by atoms with Gasteiger partial charge in [-0.1, -0.05) is 90.0 Å². The molecule has 0 aliphatic heterocycles. The van der Waals surface area contributed by atoms with Gasteiger partial charge in [-0.05, 0) is 43.5 Å². The summed E-state index contributed by atoms with van der Waals surface area (Å²) in [5.41, 5.74) is 4.14. The van der Waals surface area contributed by atoms with Gasteiger partial charge in [-0.3, -0.25) is 9.59 Å². The van der Waals surface area contributed by atoms with Crippen molar-refractivity contribution in [2.24, 2.45) is 0 Å². The van der Waals surface area contributed by atoms with E-state index in [4.69, 9.17) is 11.6 Å². The second kappa shape index (κ2) is 13.4. The number of benzene rings is 3. The van der Waals surface area contributed by atoms with Gasteiger partial charge >= 0.3 is 0 Å². The molecule has 1 N–H and O–H groups in total. The molecule has 184 valence electrons. The first-order chi connectivity index (χ1) is 16.8. The second-order valence-corrected chi connectivity index (χ2v) is 10.4. The fourth-order valence-electron chi connectivity index (χ4n) is 3.89. The van der Waals surface area contributed by atoms with Crippen molar-refractivity contribution in [1.29, 1.82) is 0 Å². The van der Waals surface area contributed by atoms with Gasteiger partial charge < -0.3 is 10.2 Å². The molecule has 3 aromatic carbocycles. The highest BCUT2D eigenvalue weighted by Gasteiger charge is 2.30. The summed E-state index contributed by atoms with van der Waals surface area (Å²) in [4.78, 5) is 28.7. The van der Waals surface area contributed by atoms with Crippen LogP contribution in [-0.2, 0) is 28.3 Å². The Bertz CT molecular complexity index is 1120. The number of nitrogens with zero attached hydrogens (tertiary/aromatic N) is 1. The molecule has 0 bridgehead atoms. The number of halogens is 1. The van der Waals surface area contributed by atoms with Gasteiger partial charge in [0.2, 0.25) is 11.8 Å². The Hall–Kier alpha value is -2.76. The smallest absolute Gasteiger partial charge is 0.243 e. The number of rotatable bonds is 11. The molecule has 6 heteroatoms. The van der Waals surface area contributed by atoms with Crippen LogP contribution in [0, 0.1) is 6.92 Å². The normalized spacial score (nSPS) is 11.8. The molecular weight excluding hydrogens is 476 g/mol. The highest BCUT2D eigenvalue weighted by atomic mass is 35.5. The van der Waals surface area contributed by atoms with Crippen molar-refractivity contribution in [2.75, 3.05) is 5.75 Å². The fraction of sp³-hybridized carbons (Fsp3) is 0.310. The zero-order valence-corrected chi connectivity index (χ0v) is 22.1. The summed E-state index contributed by atoms with van der Waals surface area (Å²) < 4.78 is 0. The third-order valence-corrected chi connectivity index (χ3v) is 6.91. The number of carbonyl (C=O) groups is 2.